The van der Waals surface area contributed by atoms with Gasteiger partial charge in [0.15, 0.2) is 11.5 Å². The van der Waals surface area contributed by atoms with E-state index in [1.165, 1.54) is 55.7 Å². The topological polar surface area (TPSA) is 250 Å². The highest BCUT2D eigenvalue weighted by molar-refractivity contribution is 5.93. The zero-order valence-corrected chi connectivity index (χ0v) is 22.0. The van der Waals surface area contributed by atoms with Gasteiger partial charge in [-0.2, -0.15) is 0 Å². The van der Waals surface area contributed by atoms with E-state index in [1.54, 1.807) is 0 Å². The molecule has 0 aromatic heterocycles. The lowest BCUT2D eigenvalue weighted by molar-refractivity contribution is -0.277. The molecule has 8 N–H and O–H groups in total. The van der Waals surface area contributed by atoms with Crippen LogP contribution in [-0.2, 0) is 30.3 Å². The van der Waals surface area contributed by atoms with Gasteiger partial charge >= 0.3 is 17.9 Å². The van der Waals surface area contributed by atoms with Gasteiger partial charge in [0, 0.05) is 12.5 Å². The SMILES string of the molecule is COc1cc(/C=C/C(=O)O[C@H](C(=O)O)[C@](O)(Cc2ccc(O)cc2)C(=O)O)ccc1O[C@@H]1O[C@H](CO)[C@@H](O)[C@H](O)[C@H]1O. The first-order valence-corrected chi connectivity index (χ1v) is 12.3. The van der Waals surface area contributed by atoms with Gasteiger partial charge in [0.2, 0.25) is 18.0 Å². The summed E-state index contributed by atoms with van der Waals surface area (Å²) >= 11 is 0. The van der Waals surface area contributed by atoms with Crippen LogP contribution < -0.4 is 9.47 Å². The molecule has 228 valence electrons. The maximum absolute atomic E-state index is 12.5. The lowest BCUT2D eigenvalue weighted by Gasteiger charge is -2.39. The van der Waals surface area contributed by atoms with E-state index in [4.69, 9.17) is 18.9 Å². The maximum atomic E-state index is 12.5. The number of phenols is 1. The summed E-state index contributed by atoms with van der Waals surface area (Å²) in [5.74, 6) is -5.26. The van der Waals surface area contributed by atoms with Crippen molar-refractivity contribution in [1.82, 2.24) is 0 Å². The van der Waals surface area contributed by atoms with Crippen molar-refractivity contribution in [2.24, 2.45) is 0 Å². The molecule has 1 fully saturated rings. The normalized spacial score (nSPS) is 24.4. The zero-order chi connectivity index (χ0) is 31.2. The fourth-order valence-electron chi connectivity index (χ4n) is 4.05. The number of aliphatic hydroxyl groups excluding tert-OH is 4. The summed E-state index contributed by atoms with van der Waals surface area (Å²) in [6, 6.07) is 9.04. The first kappa shape index (κ1) is 32.3. The second kappa shape index (κ2) is 13.6. The van der Waals surface area contributed by atoms with Crippen LogP contribution >= 0.6 is 0 Å². The molecular formula is C27H30O15. The smallest absolute Gasteiger partial charge is 0.348 e. The van der Waals surface area contributed by atoms with Crippen molar-refractivity contribution in [2.45, 2.75) is 48.8 Å². The number of carboxylic acids is 2. The van der Waals surface area contributed by atoms with Gasteiger partial charge in [-0.15, -0.1) is 0 Å². The number of phenolic OH excluding ortho intramolecular Hbond substituents is 1. The van der Waals surface area contributed by atoms with Crippen molar-refractivity contribution in [3.8, 4) is 17.2 Å². The molecule has 0 radical (unpaired) electrons. The highest BCUT2D eigenvalue weighted by Crippen LogP contribution is 2.32. The number of aromatic hydroxyl groups is 1. The molecule has 15 nitrogen and oxygen atoms in total. The van der Waals surface area contributed by atoms with E-state index in [2.05, 4.69) is 0 Å². The Morgan fingerprint density at radius 3 is 2.24 bits per heavy atom. The predicted octanol–water partition coefficient (Wildman–Crippen LogP) is -1.35. The molecule has 0 unspecified atom stereocenters. The number of hydrogen-bond acceptors (Lipinski definition) is 13. The summed E-state index contributed by atoms with van der Waals surface area (Å²) in [5.41, 5.74) is -2.62. The Labute approximate surface area is 238 Å². The summed E-state index contributed by atoms with van der Waals surface area (Å²) < 4.78 is 20.9. The van der Waals surface area contributed by atoms with Crippen molar-refractivity contribution in [3.63, 3.8) is 0 Å². The van der Waals surface area contributed by atoms with Gasteiger partial charge in [0.05, 0.1) is 13.7 Å². The van der Waals surface area contributed by atoms with Gasteiger partial charge < -0.3 is 59.8 Å². The predicted molar refractivity (Wildman–Crippen MR) is 138 cm³/mol. The summed E-state index contributed by atoms with van der Waals surface area (Å²) in [6.45, 7) is -0.662. The Kier molecular flexibility index (Phi) is 10.5. The largest absolute Gasteiger partial charge is 0.508 e. The van der Waals surface area contributed by atoms with E-state index >= 15 is 0 Å². The molecule has 15 heteroatoms. The van der Waals surface area contributed by atoms with Crippen LogP contribution in [-0.4, -0.2) is 115 Å². The molecule has 2 aromatic rings. The number of rotatable bonds is 12. The minimum absolute atomic E-state index is 0.00764. The molecular weight excluding hydrogens is 564 g/mol. The van der Waals surface area contributed by atoms with Gasteiger partial charge in [-0.25, -0.2) is 14.4 Å². The van der Waals surface area contributed by atoms with E-state index in [0.29, 0.717) is 0 Å². The molecule has 0 spiro atoms. The molecule has 42 heavy (non-hydrogen) atoms. The van der Waals surface area contributed by atoms with Gasteiger partial charge in [-0.05, 0) is 41.5 Å². The molecule has 1 aliphatic rings. The molecule has 1 aliphatic heterocycles. The third-order valence-electron chi connectivity index (χ3n) is 6.36. The number of aliphatic carboxylic acids is 2. The molecule has 0 aliphatic carbocycles. The van der Waals surface area contributed by atoms with Crippen molar-refractivity contribution in [2.75, 3.05) is 13.7 Å². The molecule has 1 saturated heterocycles. The van der Waals surface area contributed by atoms with E-state index in [-0.39, 0.29) is 28.4 Å². The standard InChI is InChI=1S/C27H30O15/c1-39-17-10-13(4-8-16(17)40-25-22(33)21(32)20(31)18(12-28)41-25)5-9-19(30)42-23(24(34)35)27(38,26(36)37)11-14-2-6-15(29)7-3-14/h2-10,18,20-23,25,28-29,31-33,38H,11-12H2,1H3,(H,34,35)(H,36,37)/b9-5+/t18-,20-,21+,22-,23-,25-,27-/m1/s1. The number of carbonyl (C=O) groups excluding carboxylic acids is 1. The maximum Gasteiger partial charge on any atom is 0.348 e. The quantitative estimate of drug-likeness (QED) is 0.104. The van der Waals surface area contributed by atoms with Crippen molar-refractivity contribution in [3.05, 3.63) is 59.7 Å². The molecule has 1 heterocycles. The molecule has 3 rings (SSSR count). The lowest BCUT2D eigenvalue weighted by atomic mass is 9.88. The summed E-state index contributed by atoms with van der Waals surface area (Å²) in [7, 11) is 1.27. The van der Waals surface area contributed by atoms with Crippen LogP contribution in [0.25, 0.3) is 6.08 Å². The average molecular weight is 595 g/mol. The molecule has 0 saturated carbocycles. The lowest BCUT2D eigenvalue weighted by Crippen LogP contribution is -2.60. The van der Waals surface area contributed by atoms with E-state index in [9.17, 15) is 55.2 Å². The monoisotopic (exact) mass is 594 g/mol. The number of methoxy groups -OCH3 is 1. The Balaban J connectivity index is 1.75. The number of ether oxygens (including phenoxy) is 4. The molecule has 7 atom stereocenters. The van der Waals surface area contributed by atoms with Crippen LogP contribution in [0.1, 0.15) is 11.1 Å². The number of carboxylic acid groups (broad SMARTS) is 2. The van der Waals surface area contributed by atoms with E-state index < -0.39 is 73.3 Å². The first-order valence-electron chi connectivity index (χ1n) is 12.3. The highest BCUT2D eigenvalue weighted by Gasteiger charge is 2.51. The van der Waals surface area contributed by atoms with Crippen LogP contribution in [0.4, 0.5) is 0 Å². The van der Waals surface area contributed by atoms with Crippen molar-refractivity contribution >= 4 is 24.0 Å². The second-order valence-corrected chi connectivity index (χ2v) is 9.29. The van der Waals surface area contributed by atoms with Crippen LogP contribution in [0.2, 0.25) is 0 Å². The Morgan fingerprint density at radius 2 is 1.67 bits per heavy atom. The molecule has 2 aromatic carbocycles. The second-order valence-electron chi connectivity index (χ2n) is 9.29. The van der Waals surface area contributed by atoms with Crippen LogP contribution in [0, 0.1) is 0 Å². The number of hydrogen-bond donors (Lipinski definition) is 8. The average Bonchev–Trinajstić information content (AvgIpc) is 2.96. The van der Waals surface area contributed by atoms with Crippen LogP contribution in [0.15, 0.2) is 48.5 Å². The Hall–Kier alpha value is -4.25. The van der Waals surface area contributed by atoms with Crippen LogP contribution in [0.5, 0.6) is 17.2 Å². The van der Waals surface area contributed by atoms with Gasteiger partial charge in [-0.1, -0.05) is 18.2 Å². The third-order valence-corrected chi connectivity index (χ3v) is 6.36. The van der Waals surface area contributed by atoms with Gasteiger partial charge in [-0.3, -0.25) is 0 Å². The van der Waals surface area contributed by atoms with E-state index in [1.807, 2.05) is 0 Å². The Bertz CT molecular complexity index is 1290. The molecule has 0 bridgehead atoms. The van der Waals surface area contributed by atoms with Crippen LogP contribution in [0.3, 0.4) is 0 Å². The van der Waals surface area contributed by atoms with Gasteiger partial charge in [0.1, 0.15) is 30.2 Å². The molecule has 0 amide bonds. The first-order chi connectivity index (χ1) is 19.8. The number of aliphatic hydroxyl groups is 5. The van der Waals surface area contributed by atoms with Crippen molar-refractivity contribution < 1.29 is 74.2 Å². The third kappa shape index (κ3) is 7.33. The summed E-state index contributed by atoms with van der Waals surface area (Å²) in [5, 5.41) is 78.7. The van der Waals surface area contributed by atoms with Gasteiger partial charge in [0.25, 0.3) is 0 Å². The van der Waals surface area contributed by atoms with Crippen molar-refractivity contribution in [1.29, 1.82) is 0 Å². The zero-order valence-electron chi connectivity index (χ0n) is 22.0. The number of esters is 1. The van der Waals surface area contributed by atoms with E-state index in [0.717, 1.165) is 6.08 Å². The summed E-state index contributed by atoms with van der Waals surface area (Å²) in [4.78, 5) is 36.2. The number of carbonyl (C=O) groups is 3. The Morgan fingerprint density at radius 1 is 1.00 bits per heavy atom. The number of benzene rings is 2. The summed E-state index contributed by atoms with van der Waals surface area (Å²) in [6.07, 6.45) is -8.95. The minimum Gasteiger partial charge on any atom is -0.508 e. The highest BCUT2D eigenvalue weighted by atomic mass is 16.7. The fourth-order valence-corrected chi connectivity index (χ4v) is 4.05. The minimum atomic E-state index is -3.06. The fraction of sp³-hybridized carbons (Fsp3) is 0.370.